The van der Waals surface area contributed by atoms with Gasteiger partial charge in [-0.05, 0) is 18.4 Å². The van der Waals surface area contributed by atoms with Gasteiger partial charge in [0.25, 0.3) is 0 Å². The molecule has 0 saturated carbocycles. The average Bonchev–Trinajstić information content (AvgIpc) is 2.75. The molecule has 0 spiro atoms. The Balaban J connectivity index is 1.82. The Labute approximate surface area is 176 Å². The van der Waals surface area contributed by atoms with Crippen LogP contribution in [0.2, 0.25) is 0 Å². The van der Waals surface area contributed by atoms with Crippen LogP contribution >= 0.6 is 0 Å². The van der Waals surface area contributed by atoms with Crippen molar-refractivity contribution in [3.8, 4) is 0 Å². The molecular weight excluding hydrogens is 394 g/mol. The number of hydrogen-bond acceptors (Lipinski definition) is 9. The zero-order valence-electron chi connectivity index (χ0n) is 17.2. The number of hydrogen-bond donors (Lipinski definition) is 5. The number of nitrogens with two attached hydrogens (primary N) is 1. The summed E-state index contributed by atoms with van der Waals surface area (Å²) in [7, 11) is 0. The monoisotopic (exact) mass is 427 g/mol. The SMILES string of the molecule is CCC[C@@H](O)[C@@H](N)COC1OC(COC(=O)CCc2ccccc2)C(O)C(O)C1O. The van der Waals surface area contributed by atoms with Gasteiger partial charge in [0, 0.05) is 6.42 Å². The molecule has 30 heavy (non-hydrogen) atoms. The first-order valence-corrected chi connectivity index (χ1v) is 10.3. The van der Waals surface area contributed by atoms with Crippen LogP contribution in [-0.2, 0) is 25.4 Å². The van der Waals surface area contributed by atoms with Crippen LogP contribution < -0.4 is 5.73 Å². The van der Waals surface area contributed by atoms with E-state index >= 15 is 0 Å². The predicted molar refractivity (Wildman–Crippen MR) is 107 cm³/mol. The van der Waals surface area contributed by atoms with E-state index in [2.05, 4.69) is 0 Å². The summed E-state index contributed by atoms with van der Waals surface area (Å²) in [6, 6.07) is 8.77. The van der Waals surface area contributed by atoms with Crippen molar-refractivity contribution in [1.29, 1.82) is 0 Å². The van der Waals surface area contributed by atoms with Gasteiger partial charge in [-0.1, -0.05) is 43.7 Å². The average molecular weight is 427 g/mol. The number of esters is 1. The van der Waals surface area contributed by atoms with E-state index in [1.165, 1.54) is 0 Å². The fraction of sp³-hybridized carbons (Fsp3) is 0.667. The Morgan fingerprint density at radius 2 is 1.87 bits per heavy atom. The summed E-state index contributed by atoms with van der Waals surface area (Å²) in [6.45, 7) is 1.49. The maximum atomic E-state index is 12.0. The maximum absolute atomic E-state index is 12.0. The molecule has 1 aliphatic rings. The standard InChI is InChI=1S/C21H33NO8/c1-2-6-15(23)14(22)11-29-21-20(27)19(26)18(25)16(30-21)12-28-17(24)10-9-13-7-4-3-5-8-13/h3-5,7-8,14-16,18-21,23,25-27H,2,6,9-12,22H2,1H3/t14-,15+,16?,18?,19?,20?,21?/m0/s1. The Kier molecular flexibility index (Phi) is 10.1. The number of aliphatic hydroxyl groups excluding tert-OH is 4. The normalized spacial score (nSPS) is 28.7. The number of carbonyl (C=O) groups is 1. The summed E-state index contributed by atoms with van der Waals surface area (Å²) >= 11 is 0. The lowest BCUT2D eigenvalue weighted by atomic mass is 9.99. The van der Waals surface area contributed by atoms with Crippen LogP contribution in [0.4, 0.5) is 0 Å². The van der Waals surface area contributed by atoms with Crippen molar-refractivity contribution in [2.45, 2.75) is 75.5 Å². The topological polar surface area (TPSA) is 152 Å². The first-order chi connectivity index (χ1) is 14.3. The molecule has 7 atom stereocenters. The third-order valence-corrected chi connectivity index (χ3v) is 5.07. The van der Waals surface area contributed by atoms with Crippen molar-refractivity contribution in [2.24, 2.45) is 5.73 Å². The van der Waals surface area contributed by atoms with Gasteiger partial charge in [-0.2, -0.15) is 0 Å². The van der Waals surface area contributed by atoms with Crippen molar-refractivity contribution in [3.63, 3.8) is 0 Å². The minimum Gasteiger partial charge on any atom is -0.463 e. The summed E-state index contributed by atoms with van der Waals surface area (Å²) in [6.07, 6.45) is -5.73. The van der Waals surface area contributed by atoms with Gasteiger partial charge in [0.2, 0.25) is 0 Å². The Morgan fingerprint density at radius 1 is 1.17 bits per heavy atom. The molecule has 1 aromatic carbocycles. The summed E-state index contributed by atoms with van der Waals surface area (Å²) in [4.78, 5) is 12.0. The van der Waals surface area contributed by atoms with E-state index in [9.17, 15) is 25.2 Å². The second kappa shape index (κ2) is 12.3. The van der Waals surface area contributed by atoms with E-state index in [4.69, 9.17) is 19.9 Å². The molecule has 0 radical (unpaired) electrons. The highest BCUT2D eigenvalue weighted by molar-refractivity contribution is 5.69. The van der Waals surface area contributed by atoms with Gasteiger partial charge in [-0.3, -0.25) is 4.79 Å². The molecule has 0 bridgehead atoms. The number of rotatable bonds is 11. The summed E-state index contributed by atoms with van der Waals surface area (Å²) < 4.78 is 16.1. The first kappa shape index (κ1) is 24.7. The zero-order valence-corrected chi connectivity index (χ0v) is 17.2. The van der Waals surface area contributed by atoms with Crippen molar-refractivity contribution in [1.82, 2.24) is 0 Å². The molecule has 1 saturated heterocycles. The molecule has 170 valence electrons. The number of aryl methyl sites for hydroxylation is 1. The summed E-state index contributed by atoms with van der Waals surface area (Å²) in [5.41, 5.74) is 6.85. The number of ether oxygens (including phenoxy) is 3. The molecule has 1 heterocycles. The van der Waals surface area contributed by atoms with Crippen LogP contribution in [0.5, 0.6) is 0 Å². The van der Waals surface area contributed by atoms with Gasteiger partial charge in [-0.25, -0.2) is 0 Å². The third kappa shape index (κ3) is 7.28. The molecule has 2 rings (SSSR count). The largest absolute Gasteiger partial charge is 0.463 e. The molecule has 5 unspecified atom stereocenters. The molecule has 6 N–H and O–H groups in total. The second-order valence-electron chi connectivity index (χ2n) is 7.54. The molecule has 9 heteroatoms. The Morgan fingerprint density at radius 3 is 2.53 bits per heavy atom. The van der Waals surface area contributed by atoms with Gasteiger partial charge in [0.1, 0.15) is 31.0 Å². The lowest BCUT2D eigenvalue weighted by Crippen LogP contribution is -2.60. The van der Waals surface area contributed by atoms with Crippen LogP contribution in [0.1, 0.15) is 31.7 Å². The van der Waals surface area contributed by atoms with Gasteiger partial charge in [-0.15, -0.1) is 0 Å². The van der Waals surface area contributed by atoms with Gasteiger partial charge in [0.15, 0.2) is 6.29 Å². The Hall–Kier alpha value is -1.59. The van der Waals surface area contributed by atoms with E-state index in [1.807, 2.05) is 37.3 Å². The third-order valence-electron chi connectivity index (χ3n) is 5.07. The quantitative estimate of drug-likeness (QED) is 0.294. The van der Waals surface area contributed by atoms with Gasteiger partial charge < -0.3 is 40.4 Å². The van der Waals surface area contributed by atoms with Crippen LogP contribution in [0, 0.1) is 0 Å². The van der Waals surface area contributed by atoms with Gasteiger partial charge >= 0.3 is 5.97 Å². The number of benzene rings is 1. The fourth-order valence-corrected chi connectivity index (χ4v) is 3.16. The highest BCUT2D eigenvalue weighted by Gasteiger charge is 2.45. The minimum absolute atomic E-state index is 0.116. The highest BCUT2D eigenvalue weighted by Crippen LogP contribution is 2.23. The smallest absolute Gasteiger partial charge is 0.306 e. The molecule has 1 aliphatic heterocycles. The zero-order chi connectivity index (χ0) is 22.1. The lowest BCUT2D eigenvalue weighted by molar-refractivity contribution is -0.303. The molecule has 0 aromatic heterocycles. The predicted octanol–water partition coefficient (Wildman–Crippen LogP) is -0.525. The van der Waals surface area contributed by atoms with Crippen LogP contribution in [0.15, 0.2) is 30.3 Å². The molecule has 1 fully saturated rings. The van der Waals surface area contributed by atoms with Crippen LogP contribution in [0.25, 0.3) is 0 Å². The van der Waals surface area contributed by atoms with Crippen molar-refractivity contribution in [2.75, 3.05) is 13.2 Å². The molecule has 0 amide bonds. The van der Waals surface area contributed by atoms with Crippen LogP contribution in [-0.4, -0.2) is 82.5 Å². The lowest BCUT2D eigenvalue weighted by Gasteiger charge is -2.40. The Bertz CT molecular complexity index is 631. The van der Waals surface area contributed by atoms with Crippen molar-refractivity contribution in [3.05, 3.63) is 35.9 Å². The minimum atomic E-state index is -1.55. The first-order valence-electron chi connectivity index (χ1n) is 10.3. The molecular formula is C21H33NO8. The summed E-state index contributed by atoms with van der Waals surface area (Å²) in [5, 5.41) is 40.2. The van der Waals surface area contributed by atoms with E-state index in [0.29, 0.717) is 12.8 Å². The van der Waals surface area contributed by atoms with E-state index in [0.717, 1.165) is 12.0 Å². The van der Waals surface area contributed by atoms with Crippen molar-refractivity contribution < 1.29 is 39.4 Å². The van der Waals surface area contributed by atoms with E-state index < -0.39 is 48.8 Å². The molecule has 1 aromatic rings. The highest BCUT2D eigenvalue weighted by atomic mass is 16.7. The maximum Gasteiger partial charge on any atom is 0.306 e. The summed E-state index contributed by atoms with van der Waals surface area (Å²) in [5.74, 6) is -0.475. The second-order valence-corrected chi connectivity index (χ2v) is 7.54. The molecule has 0 aliphatic carbocycles. The number of carbonyl (C=O) groups excluding carboxylic acids is 1. The molecule has 9 nitrogen and oxygen atoms in total. The van der Waals surface area contributed by atoms with Crippen molar-refractivity contribution >= 4 is 5.97 Å². The fourth-order valence-electron chi connectivity index (χ4n) is 3.16. The van der Waals surface area contributed by atoms with Crippen LogP contribution in [0.3, 0.4) is 0 Å². The van der Waals surface area contributed by atoms with E-state index in [1.54, 1.807) is 0 Å². The van der Waals surface area contributed by atoms with Gasteiger partial charge in [0.05, 0.1) is 18.8 Å². The van der Waals surface area contributed by atoms with E-state index in [-0.39, 0.29) is 19.6 Å². The number of aliphatic hydroxyl groups is 4.